The lowest BCUT2D eigenvalue weighted by Crippen LogP contribution is -1.78. The summed E-state index contributed by atoms with van der Waals surface area (Å²) in [6, 6.07) is 16.3. The average Bonchev–Trinajstić information content (AvgIpc) is 2.60. The van der Waals surface area contributed by atoms with E-state index in [2.05, 4.69) is 9.97 Å². The smallest absolute Gasteiger partial charge is 0.160 e. The van der Waals surface area contributed by atoms with Crippen LogP contribution in [0, 0.1) is 0 Å². The molecule has 2 aromatic heterocycles. The molecule has 2 aromatic carbocycles. The maximum atomic E-state index is 9.46. The van der Waals surface area contributed by atoms with Crippen LogP contribution in [0.15, 0.2) is 67.0 Å². The van der Waals surface area contributed by atoms with Crippen molar-refractivity contribution in [3.05, 3.63) is 72.0 Å². The first-order valence-corrected chi connectivity index (χ1v) is 7.29. The highest BCUT2D eigenvalue weighted by Gasteiger charge is 2.03. The van der Waals surface area contributed by atoms with Gasteiger partial charge in [0.25, 0.3) is 0 Å². The second kappa shape index (κ2) is 6.50. The zero-order valence-corrected chi connectivity index (χ0v) is 12.8. The maximum absolute atomic E-state index is 9.46. The Morgan fingerprint density at radius 3 is 2.00 bits per heavy atom. The Kier molecular flexibility index (Phi) is 4.26. The topological polar surface area (TPSA) is 66.2 Å². The van der Waals surface area contributed by atoms with Crippen molar-refractivity contribution in [2.45, 2.75) is 0 Å². The van der Waals surface area contributed by atoms with Crippen LogP contribution >= 0.6 is 11.6 Å². The first-order valence-electron chi connectivity index (χ1n) is 6.92. The Labute approximate surface area is 137 Å². The van der Waals surface area contributed by atoms with Crippen LogP contribution in [0.1, 0.15) is 0 Å². The molecule has 0 bridgehead atoms. The summed E-state index contributed by atoms with van der Waals surface area (Å²) in [6.07, 6.45) is 3.29. The van der Waals surface area contributed by atoms with Gasteiger partial charge in [-0.05, 0) is 24.3 Å². The molecule has 0 aliphatic carbocycles. The number of para-hydroxylation sites is 1. The van der Waals surface area contributed by atoms with E-state index in [1.807, 2.05) is 36.4 Å². The van der Waals surface area contributed by atoms with Gasteiger partial charge in [-0.15, -0.1) is 0 Å². The van der Waals surface area contributed by atoms with Gasteiger partial charge in [0, 0.05) is 23.2 Å². The Bertz CT molecular complexity index is 968. The van der Waals surface area contributed by atoms with Gasteiger partial charge in [-0.25, -0.2) is 0 Å². The molecule has 2 heterocycles. The summed E-state index contributed by atoms with van der Waals surface area (Å²) in [5.41, 5.74) is 1.21. The molecule has 0 fully saturated rings. The summed E-state index contributed by atoms with van der Waals surface area (Å²) in [4.78, 5) is 8.04. The summed E-state index contributed by atoms with van der Waals surface area (Å²) in [7, 11) is 0. The molecule has 4 rings (SSSR count). The molecule has 0 aliphatic heterocycles. The van der Waals surface area contributed by atoms with Crippen molar-refractivity contribution in [1.29, 1.82) is 0 Å². The van der Waals surface area contributed by atoms with Gasteiger partial charge in [-0.2, -0.15) is 0 Å². The highest BCUT2D eigenvalue weighted by atomic mass is 35.5. The third-order valence-corrected chi connectivity index (χ3v) is 3.62. The fraction of sp³-hybridized carbons (Fsp3) is 0. The van der Waals surface area contributed by atoms with Crippen LogP contribution in [0.2, 0.25) is 5.02 Å². The molecular weight excluding hydrogens is 312 g/mol. The number of nitrogens with zero attached hydrogens (tertiary/aromatic N) is 2. The molecule has 23 heavy (non-hydrogen) atoms. The molecule has 2 N–H and O–H groups in total. The van der Waals surface area contributed by atoms with Gasteiger partial charge in [-0.1, -0.05) is 41.9 Å². The molecular formula is C18H13ClN2O2. The van der Waals surface area contributed by atoms with Crippen molar-refractivity contribution in [2.75, 3.05) is 0 Å². The van der Waals surface area contributed by atoms with E-state index in [9.17, 15) is 10.2 Å². The monoisotopic (exact) mass is 324 g/mol. The van der Waals surface area contributed by atoms with Gasteiger partial charge in [-0.3, -0.25) is 9.97 Å². The van der Waals surface area contributed by atoms with Gasteiger partial charge in [0.2, 0.25) is 0 Å². The van der Waals surface area contributed by atoms with E-state index in [1.54, 1.807) is 30.6 Å². The van der Waals surface area contributed by atoms with Crippen LogP contribution in [-0.2, 0) is 0 Å². The molecule has 0 saturated heterocycles. The number of hydrogen-bond acceptors (Lipinski definition) is 4. The van der Waals surface area contributed by atoms with Gasteiger partial charge >= 0.3 is 0 Å². The normalized spacial score (nSPS) is 10.3. The third kappa shape index (κ3) is 3.17. The standard InChI is InChI=1S/C9H6ClNO.C9H7NO/c10-7-4-3-6-2-1-5-11-8(6)9(7)12;11-8-5-1-3-7-4-2-6-10-9(7)8/h1-5,12H;1-6,11H. The molecule has 0 spiro atoms. The van der Waals surface area contributed by atoms with Crippen molar-refractivity contribution in [2.24, 2.45) is 0 Å². The summed E-state index contributed by atoms with van der Waals surface area (Å²) in [5.74, 6) is 0.290. The van der Waals surface area contributed by atoms with Crippen molar-refractivity contribution in [3.63, 3.8) is 0 Å². The molecule has 0 amide bonds. The minimum Gasteiger partial charge on any atom is -0.506 e. The van der Waals surface area contributed by atoms with Crippen LogP contribution in [0.4, 0.5) is 0 Å². The van der Waals surface area contributed by atoms with Gasteiger partial charge in [0.15, 0.2) is 5.75 Å². The molecule has 0 aliphatic rings. The zero-order valence-electron chi connectivity index (χ0n) is 12.0. The number of phenols is 2. The maximum Gasteiger partial charge on any atom is 0.160 e. The van der Waals surface area contributed by atoms with E-state index in [-0.39, 0.29) is 11.5 Å². The van der Waals surface area contributed by atoms with E-state index in [0.29, 0.717) is 16.1 Å². The second-order valence-electron chi connectivity index (χ2n) is 4.82. The molecule has 0 radical (unpaired) electrons. The largest absolute Gasteiger partial charge is 0.506 e. The number of hydrogen-bond donors (Lipinski definition) is 2. The predicted molar refractivity (Wildman–Crippen MR) is 91.8 cm³/mol. The Balaban J connectivity index is 0.000000136. The van der Waals surface area contributed by atoms with Crippen molar-refractivity contribution >= 4 is 33.4 Å². The molecule has 0 unspecified atom stereocenters. The summed E-state index contributed by atoms with van der Waals surface area (Å²) < 4.78 is 0. The minimum atomic E-state index is 0.0507. The van der Waals surface area contributed by atoms with Crippen LogP contribution in [0.5, 0.6) is 11.5 Å². The highest BCUT2D eigenvalue weighted by molar-refractivity contribution is 6.33. The predicted octanol–water partition coefficient (Wildman–Crippen LogP) is 4.53. The highest BCUT2D eigenvalue weighted by Crippen LogP contribution is 2.29. The minimum absolute atomic E-state index is 0.0507. The second-order valence-corrected chi connectivity index (χ2v) is 5.23. The summed E-state index contributed by atoms with van der Waals surface area (Å²) in [5, 5.41) is 21.0. The van der Waals surface area contributed by atoms with Crippen molar-refractivity contribution in [3.8, 4) is 11.5 Å². The quantitative estimate of drug-likeness (QED) is 0.498. The number of phenolic OH excluding ortho intramolecular Hbond substituents is 2. The molecule has 4 nitrogen and oxygen atoms in total. The van der Waals surface area contributed by atoms with E-state index < -0.39 is 0 Å². The number of pyridine rings is 2. The number of halogens is 1. The first-order chi connectivity index (χ1) is 11.2. The van der Waals surface area contributed by atoms with Crippen LogP contribution in [0.3, 0.4) is 0 Å². The van der Waals surface area contributed by atoms with Crippen molar-refractivity contribution in [1.82, 2.24) is 9.97 Å². The fourth-order valence-electron chi connectivity index (χ4n) is 2.19. The number of benzene rings is 2. The lowest BCUT2D eigenvalue weighted by Gasteiger charge is -2.00. The average molecular weight is 325 g/mol. The SMILES string of the molecule is Oc1c(Cl)ccc2cccnc12.Oc1cccc2cccnc12. The zero-order chi connectivity index (χ0) is 16.2. The number of aromatic nitrogens is 2. The molecule has 0 saturated carbocycles. The van der Waals surface area contributed by atoms with Crippen molar-refractivity contribution < 1.29 is 10.2 Å². The lowest BCUT2D eigenvalue weighted by molar-refractivity contribution is 0.480. The number of fused-ring (bicyclic) bond motifs is 2. The van der Waals surface area contributed by atoms with E-state index in [1.165, 1.54) is 0 Å². The molecule has 4 aromatic rings. The molecule has 114 valence electrons. The van der Waals surface area contributed by atoms with Gasteiger partial charge in [0.05, 0.1) is 5.02 Å². The summed E-state index contributed by atoms with van der Waals surface area (Å²) >= 11 is 5.70. The molecule has 5 heteroatoms. The molecule has 0 atom stereocenters. The lowest BCUT2D eigenvalue weighted by atomic mass is 10.2. The van der Waals surface area contributed by atoms with Crippen LogP contribution in [-0.4, -0.2) is 20.2 Å². The van der Waals surface area contributed by atoms with Gasteiger partial charge in [0.1, 0.15) is 16.8 Å². The first kappa shape index (κ1) is 15.1. The van der Waals surface area contributed by atoms with E-state index in [0.717, 1.165) is 10.8 Å². The Morgan fingerprint density at radius 2 is 1.30 bits per heavy atom. The fourth-order valence-corrected chi connectivity index (χ4v) is 2.35. The third-order valence-electron chi connectivity index (χ3n) is 3.31. The van der Waals surface area contributed by atoms with E-state index in [4.69, 9.17) is 11.6 Å². The van der Waals surface area contributed by atoms with Gasteiger partial charge < -0.3 is 10.2 Å². The van der Waals surface area contributed by atoms with Crippen LogP contribution in [0.25, 0.3) is 21.8 Å². The number of aromatic hydroxyl groups is 2. The Hall–Kier alpha value is -2.85. The van der Waals surface area contributed by atoms with E-state index >= 15 is 0 Å². The number of rotatable bonds is 0. The summed E-state index contributed by atoms with van der Waals surface area (Å²) in [6.45, 7) is 0. The van der Waals surface area contributed by atoms with Crippen LogP contribution < -0.4 is 0 Å². The Morgan fingerprint density at radius 1 is 0.696 bits per heavy atom.